The maximum absolute atomic E-state index is 5.93. The van der Waals surface area contributed by atoms with Gasteiger partial charge in [-0.05, 0) is 36.8 Å². The monoisotopic (exact) mass is 216 g/mol. The number of rotatable bonds is 4. The quantitative estimate of drug-likeness (QED) is 0.826. The molecule has 1 saturated carbocycles. The summed E-state index contributed by atoms with van der Waals surface area (Å²) in [5, 5.41) is 0. The molecular formula is C14H20N2. The molecule has 1 aromatic carbocycles. The zero-order valence-corrected chi connectivity index (χ0v) is 9.68. The molecular weight excluding hydrogens is 196 g/mol. The van der Waals surface area contributed by atoms with Gasteiger partial charge in [-0.3, -0.25) is 0 Å². The van der Waals surface area contributed by atoms with E-state index in [2.05, 4.69) is 35.2 Å². The van der Waals surface area contributed by atoms with E-state index in [-0.39, 0.29) is 0 Å². The summed E-state index contributed by atoms with van der Waals surface area (Å²) in [6.45, 7) is 3.75. The van der Waals surface area contributed by atoms with Gasteiger partial charge in [-0.25, -0.2) is 0 Å². The van der Waals surface area contributed by atoms with Crippen molar-refractivity contribution in [3.05, 3.63) is 35.9 Å². The highest BCUT2D eigenvalue weighted by molar-refractivity contribution is 5.14. The molecule has 2 heteroatoms. The second kappa shape index (κ2) is 4.19. The highest BCUT2D eigenvalue weighted by Crippen LogP contribution is 2.43. The van der Waals surface area contributed by atoms with Crippen molar-refractivity contribution < 1.29 is 0 Å². The van der Waals surface area contributed by atoms with Crippen molar-refractivity contribution in [1.29, 1.82) is 0 Å². The maximum Gasteiger partial charge on any atom is 0.0127 e. The average Bonchev–Trinajstić information content (AvgIpc) is 2.77. The maximum atomic E-state index is 5.93. The van der Waals surface area contributed by atoms with Crippen LogP contribution < -0.4 is 5.73 Å². The highest BCUT2D eigenvalue weighted by atomic mass is 15.2. The predicted octanol–water partition coefficient (Wildman–Crippen LogP) is 1.51. The molecule has 0 aromatic heterocycles. The van der Waals surface area contributed by atoms with Crippen LogP contribution in [0.4, 0.5) is 0 Å². The van der Waals surface area contributed by atoms with E-state index in [0.717, 1.165) is 11.8 Å². The molecule has 1 aliphatic carbocycles. The van der Waals surface area contributed by atoms with Crippen LogP contribution in [-0.4, -0.2) is 30.6 Å². The van der Waals surface area contributed by atoms with Crippen molar-refractivity contribution in [3.63, 3.8) is 0 Å². The zero-order chi connectivity index (χ0) is 11.0. The smallest absolute Gasteiger partial charge is 0.0127 e. The molecule has 86 valence electrons. The van der Waals surface area contributed by atoms with Gasteiger partial charge in [0, 0.05) is 19.1 Å². The van der Waals surface area contributed by atoms with E-state index >= 15 is 0 Å². The van der Waals surface area contributed by atoms with Crippen molar-refractivity contribution in [2.24, 2.45) is 17.6 Å². The number of piperidine rings is 1. The Bertz CT molecular complexity index is 337. The van der Waals surface area contributed by atoms with Gasteiger partial charge < -0.3 is 10.6 Å². The first kappa shape index (κ1) is 10.3. The third-order valence-corrected chi connectivity index (χ3v) is 4.12. The first-order chi connectivity index (χ1) is 7.84. The number of nitrogens with zero attached hydrogens (tertiary/aromatic N) is 1. The van der Waals surface area contributed by atoms with Crippen molar-refractivity contribution in [2.45, 2.75) is 18.9 Å². The minimum absolute atomic E-state index is 0.533. The normalized spacial score (nSPS) is 32.7. The third kappa shape index (κ3) is 2.00. The number of nitrogens with two attached hydrogens (primary N) is 1. The molecule has 2 unspecified atom stereocenters. The van der Waals surface area contributed by atoms with Gasteiger partial charge in [0.25, 0.3) is 0 Å². The number of likely N-dealkylation sites (tertiary alicyclic amines) is 1. The topological polar surface area (TPSA) is 29.3 Å². The summed E-state index contributed by atoms with van der Waals surface area (Å²) in [5.74, 6) is 1.66. The Kier molecular flexibility index (Phi) is 2.70. The standard InChI is InChI=1S/C14H20N2/c15-14-12-9-16(10-13(12)14)8-4-7-11-5-2-1-3-6-11/h1-3,5-6,12-14H,4,7-10,15H2. The fraction of sp³-hybridized carbons (Fsp3) is 0.571. The van der Waals surface area contributed by atoms with Crippen LogP contribution in [0.25, 0.3) is 0 Å². The first-order valence-corrected chi connectivity index (χ1v) is 6.36. The SMILES string of the molecule is NC1C2CN(CCCc3ccccc3)CC12. The molecule has 0 radical (unpaired) electrons. The van der Waals surface area contributed by atoms with Crippen molar-refractivity contribution >= 4 is 0 Å². The molecule has 1 aromatic rings. The molecule has 2 aliphatic rings. The van der Waals surface area contributed by atoms with Crippen molar-refractivity contribution in [1.82, 2.24) is 4.90 Å². The molecule has 2 atom stereocenters. The molecule has 2 N–H and O–H groups in total. The van der Waals surface area contributed by atoms with E-state index in [1.54, 1.807) is 0 Å². The fourth-order valence-electron chi connectivity index (χ4n) is 2.99. The largest absolute Gasteiger partial charge is 0.327 e. The summed E-state index contributed by atoms with van der Waals surface area (Å²) in [4.78, 5) is 2.58. The third-order valence-electron chi connectivity index (χ3n) is 4.12. The number of aryl methyl sites for hydroxylation is 1. The number of fused-ring (bicyclic) bond motifs is 1. The molecule has 1 aliphatic heterocycles. The molecule has 0 amide bonds. The Balaban J connectivity index is 1.39. The van der Waals surface area contributed by atoms with Gasteiger partial charge in [-0.1, -0.05) is 30.3 Å². The Morgan fingerprint density at radius 1 is 1.12 bits per heavy atom. The van der Waals surface area contributed by atoms with Crippen LogP contribution in [0.2, 0.25) is 0 Å². The molecule has 2 nitrogen and oxygen atoms in total. The summed E-state index contributed by atoms with van der Waals surface area (Å²) in [5.41, 5.74) is 7.39. The first-order valence-electron chi connectivity index (χ1n) is 6.36. The van der Waals surface area contributed by atoms with Gasteiger partial charge in [0.15, 0.2) is 0 Å². The zero-order valence-electron chi connectivity index (χ0n) is 9.68. The lowest BCUT2D eigenvalue weighted by Gasteiger charge is -2.18. The Hall–Kier alpha value is -0.860. The van der Waals surface area contributed by atoms with Crippen LogP contribution in [0, 0.1) is 11.8 Å². The number of benzene rings is 1. The van der Waals surface area contributed by atoms with E-state index in [4.69, 9.17) is 5.73 Å². The van der Waals surface area contributed by atoms with Gasteiger partial charge in [0.2, 0.25) is 0 Å². The molecule has 0 bridgehead atoms. The second-order valence-corrected chi connectivity index (χ2v) is 5.25. The van der Waals surface area contributed by atoms with E-state index in [0.29, 0.717) is 6.04 Å². The lowest BCUT2D eigenvalue weighted by atomic mass is 10.1. The summed E-state index contributed by atoms with van der Waals surface area (Å²) < 4.78 is 0. The van der Waals surface area contributed by atoms with E-state index < -0.39 is 0 Å². The van der Waals surface area contributed by atoms with Crippen LogP contribution >= 0.6 is 0 Å². The van der Waals surface area contributed by atoms with Crippen LogP contribution in [0.5, 0.6) is 0 Å². The van der Waals surface area contributed by atoms with E-state index in [1.165, 1.54) is 38.0 Å². The van der Waals surface area contributed by atoms with Crippen LogP contribution in [0.1, 0.15) is 12.0 Å². The summed E-state index contributed by atoms with van der Waals surface area (Å²) >= 11 is 0. The Labute approximate surface area is 97.4 Å². The van der Waals surface area contributed by atoms with Crippen molar-refractivity contribution in [3.8, 4) is 0 Å². The fourth-order valence-corrected chi connectivity index (χ4v) is 2.99. The highest BCUT2D eigenvalue weighted by Gasteiger charge is 2.53. The molecule has 1 heterocycles. The summed E-state index contributed by atoms with van der Waals surface area (Å²) in [6, 6.07) is 11.3. The Morgan fingerprint density at radius 2 is 1.81 bits per heavy atom. The summed E-state index contributed by atoms with van der Waals surface area (Å²) in [7, 11) is 0. The van der Waals surface area contributed by atoms with Gasteiger partial charge in [0.05, 0.1) is 0 Å². The lowest BCUT2D eigenvalue weighted by Crippen LogP contribution is -2.29. The molecule has 2 fully saturated rings. The van der Waals surface area contributed by atoms with Gasteiger partial charge in [-0.15, -0.1) is 0 Å². The molecule has 16 heavy (non-hydrogen) atoms. The predicted molar refractivity (Wildman–Crippen MR) is 66.2 cm³/mol. The minimum Gasteiger partial charge on any atom is -0.327 e. The number of hydrogen-bond donors (Lipinski definition) is 1. The minimum atomic E-state index is 0.533. The van der Waals surface area contributed by atoms with Crippen LogP contribution in [0.15, 0.2) is 30.3 Å². The van der Waals surface area contributed by atoms with E-state index in [9.17, 15) is 0 Å². The molecule has 0 spiro atoms. The van der Waals surface area contributed by atoms with Crippen molar-refractivity contribution in [2.75, 3.05) is 19.6 Å². The van der Waals surface area contributed by atoms with Crippen LogP contribution in [-0.2, 0) is 6.42 Å². The van der Waals surface area contributed by atoms with Gasteiger partial charge in [0.1, 0.15) is 0 Å². The Morgan fingerprint density at radius 3 is 2.50 bits per heavy atom. The van der Waals surface area contributed by atoms with Crippen LogP contribution in [0.3, 0.4) is 0 Å². The average molecular weight is 216 g/mol. The molecule has 3 rings (SSSR count). The lowest BCUT2D eigenvalue weighted by molar-refractivity contribution is 0.294. The van der Waals surface area contributed by atoms with E-state index in [1.807, 2.05) is 0 Å². The molecule has 1 saturated heterocycles. The summed E-state index contributed by atoms with van der Waals surface area (Å²) in [6.07, 6.45) is 2.48. The van der Waals surface area contributed by atoms with Gasteiger partial charge >= 0.3 is 0 Å². The van der Waals surface area contributed by atoms with Gasteiger partial charge in [-0.2, -0.15) is 0 Å². The number of hydrogen-bond acceptors (Lipinski definition) is 2. The second-order valence-electron chi connectivity index (χ2n) is 5.25.